The van der Waals surface area contributed by atoms with E-state index in [2.05, 4.69) is 10.6 Å². The fraction of sp³-hybridized carbons (Fsp3) is 0.857. The molecule has 3 N–H and O–H groups in total. The van der Waals surface area contributed by atoms with Crippen molar-refractivity contribution in [1.82, 2.24) is 10.6 Å². The van der Waals surface area contributed by atoms with Gasteiger partial charge in [0.25, 0.3) is 0 Å². The first-order chi connectivity index (χ1) is 9.39. The van der Waals surface area contributed by atoms with E-state index >= 15 is 0 Å². The second-order valence-electron chi connectivity index (χ2n) is 5.72. The third-order valence-corrected chi connectivity index (χ3v) is 3.94. The van der Waals surface area contributed by atoms with Crippen molar-refractivity contribution in [3.8, 4) is 0 Å². The van der Waals surface area contributed by atoms with E-state index in [1.165, 1.54) is 6.92 Å². The summed E-state index contributed by atoms with van der Waals surface area (Å²) < 4.78 is 5.29. The zero-order chi connectivity index (χ0) is 15.2. The minimum absolute atomic E-state index is 0.0126. The van der Waals surface area contributed by atoms with Crippen LogP contribution in [0.5, 0.6) is 0 Å². The van der Waals surface area contributed by atoms with Crippen LogP contribution in [-0.4, -0.2) is 41.9 Å². The van der Waals surface area contributed by atoms with Gasteiger partial charge in [0.15, 0.2) is 0 Å². The van der Waals surface area contributed by atoms with Crippen molar-refractivity contribution in [3.63, 3.8) is 0 Å². The van der Waals surface area contributed by atoms with Crippen LogP contribution in [0, 0.1) is 5.92 Å². The molecule has 0 aromatic carbocycles. The van der Waals surface area contributed by atoms with Crippen molar-refractivity contribution in [2.24, 2.45) is 5.92 Å². The summed E-state index contributed by atoms with van der Waals surface area (Å²) in [6.07, 6.45) is 2.94. The van der Waals surface area contributed by atoms with Gasteiger partial charge >= 0.3 is 12.0 Å². The van der Waals surface area contributed by atoms with Gasteiger partial charge in [-0.15, -0.1) is 0 Å². The predicted molar refractivity (Wildman–Crippen MR) is 75.6 cm³/mol. The van der Waals surface area contributed by atoms with E-state index in [-0.39, 0.29) is 6.04 Å². The number of aliphatic carboxylic acids is 1. The van der Waals surface area contributed by atoms with Crippen molar-refractivity contribution in [2.45, 2.75) is 58.0 Å². The highest BCUT2D eigenvalue weighted by Gasteiger charge is 2.34. The second kappa shape index (κ2) is 7.47. The van der Waals surface area contributed by atoms with Gasteiger partial charge in [-0.3, -0.25) is 0 Å². The number of carbonyl (C=O) groups is 2. The third-order valence-electron chi connectivity index (χ3n) is 3.94. The maximum absolute atomic E-state index is 12.0. The Morgan fingerprint density at radius 2 is 2.00 bits per heavy atom. The fourth-order valence-corrected chi connectivity index (χ4v) is 2.55. The average Bonchev–Trinajstić information content (AvgIpc) is 2.39. The number of carbonyl (C=O) groups excluding carboxylic acids is 1. The Kier molecular flexibility index (Phi) is 6.26. The molecule has 2 unspecified atom stereocenters. The summed E-state index contributed by atoms with van der Waals surface area (Å²) in [5, 5.41) is 14.7. The summed E-state index contributed by atoms with van der Waals surface area (Å²) in [6, 6.07) is -0.402. The molecule has 0 saturated carbocycles. The van der Waals surface area contributed by atoms with Gasteiger partial charge in [0, 0.05) is 19.3 Å². The highest BCUT2D eigenvalue weighted by Crippen LogP contribution is 2.19. The summed E-state index contributed by atoms with van der Waals surface area (Å²) in [5.74, 6) is -0.620. The van der Waals surface area contributed by atoms with Crippen molar-refractivity contribution in [3.05, 3.63) is 0 Å². The second-order valence-corrected chi connectivity index (χ2v) is 5.72. The monoisotopic (exact) mass is 286 g/mol. The standard InChI is InChI=1S/C14H26N2O4/c1-4-7-14(3,12(17)18)16-13(19)15-10(2)11-5-8-20-9-6-11/h10-11H,4-9H2,1-3H3,(H,17,18)(H2,15,16,19). The smallest absolute Gasteiger partial charge is 0.329 e. The molecule has 1 heterocycles. The van der Waals surface area contributed by atoms with Crippen LogP contribution < -0.4 is 10.6 Å². The van der Waals surface area contributed by atoms with Gasteiger partial charge < -0.3 is 20.5 Å². The van der Waals surface area contributed by atoms with E-state index < -0.39 is 17.5 Å². The van der Waals surface area contributed by atoms with Crippen molar-refractivity contribution in [2.75, 3.05) is 13.2 Å². The number of carboxylic acid groups (broad SMARTS) is 1. The number of carboxylic acids is 1. The van der Waals surface area contributed by atoms with E-state index in [1.807, 2.05) is 13.8 Å². The maximum atomic E-state index is 12.0. The van der Waals surface area contributed by atoms with Gasteiger partial charge in [-0.05, 0) is 39.0 Å². The first-order valence-electron chi connectivity index (χ1n) is 7.29. The van der Waals surface area contributed by atoms with Crippen molar-refractivity contribution < 1.29 is 19.4 Å². The lowest BCUT2D eigenvalue weighted by Crippen LogP contribution is -2.57. The Labute approximate surface area is 120 Å². The molecule has 1 aliphatic heterocycles. The predicted octanol–water partition coefficient (Wildman–Crippen LogP) is 1.74. The number of urea groups is 1. The van der Waals surface area contributed by atoms with E-state index in [0.717, 1.165) is 26.1 Å². The molecule has 20 heavy (non-hydrogen) atoms. The molecular formula is C14H26N2O4. The molecule has 0 spiro atoms. The average molecular weight is 286 g/mol. The lowest BCUT2D eigenvalue weighted by Gasteiger charge is -2.31. The first-order valence-corrected chi connectivity index (χ1v) is 7.29. The van der Waals surface area contributed by atoms with Crippen molar-refractivity contribution >= 4 is 12.0 Å². The Morgan fingerprint density at radius 1 is 1.40 bits per heavy atom. The Bertz CT molecular complexity index is 342. The van der Waals surface area contributed by atoms with E-state index in [4.69, 9.17) is 4.74 Å². The van der Waals surface area contributed by atoms with Crippen LogP contribution in [0.1, 0.15) is 46.5 Å². The number of ether oxygens (including phenoxy) is 1. The fourth-order valence-electron chi connectivity index (χ4n) is 2.55. The van der Waals surface area contributed by atoms with Crippen LogP contribution in [0.15, 0.2) is 0 Å². The van der Waals surface area contributed by atoms with Crippen LogP contribution >= 0.6 is 0 Å². The number of hydrogen-bond acceptors (Lipinski definition) is 3. The minimum Gasteiger partial charge on any atom is -0.480 e. The Hall–Kier alpha value is -1.30. The molecule has 0 aromatic rings. The lowest BCUT2D eigenvalue weighted by molar-refractivity contribution is -0.144. The molecule has 1 aliphatic rings. The molecule has 0 aliphatic carbocycles. The third kappa shape index (κ3) is 4.67. The zero-order valence-corrected chi connectivity index (χ0v) is 12.6. The molecule has 1 saturated heterocycles. The van der Waals surface area contributed by atoms with E-state index in [9.17, 15) is 14.7 Å². The van der Waals surface area contributed by atoms with Gasteiger partial charge in [0.05, 0.1) is 0 Å². The normalized spacial score (nSPS) is 20.8. The maximum Gasteiger partial charge on any atom is 0.329 e. The molecule has 0 bridgehead atoms. The number of rotatable bonds is 6. The number of hydrogen-bond donors (Lipinski definition) is 3. The largest absolute Gasteiger partial charge is 0.480 e. The summed E-state index contributed by atoms with van der Waals surface area (Å²) >= 11 is 0. The molecule has 1 rings (SSSR count). The molecule has 0 radical (unpaired) electrons. The molecule has 1 fully saturated rings. The minimum atomic E-state index is -1.21. The van der Waals surface area contributed by atoms with Crippen LogP contribution in [-0.2, 0) is 9.53 Å². The summed E-state index contributed by atoms with van der Waals surface area (Å²) in [7, 11) is 0. The van der Waals surface area contributed by atoms with Gasteiger partial charge in [-0.25, -0.2) is 9.59 Å². The van der Waals surface area contributed by atoms with Crippen molar-refractivity contribution in [1.29, 1.82) is 0 Å². The number of nitrogens with one attached hydrogen (secondary N) is 2. The van der Waals surface area contributed by atoms with Gasteiger partial charge in [-0.1, -0.05) is 13.3 Å². The zero-order valence-electron chi connectivity index (χ0n) is 12.6. The topological polar surface area (TPSA) is 87.7 Å². The molecule has 6 heteroatoms. The molecule has 116 valence electrons. The SMILES string of the molecule is CCCC(C)(NC(=O)NC(C)C1CCOCC1)C(=O)O. The summed E-state index contributed by atoms with van der Waals surface area (Å²) in [5.41, 5.74) is -1.21. The van der Waals surface area contributed by atoms with Gasteiger partial charge in [0.1, 0.15) is 5.54 Å². The lowest BCUT2D eigenvalue weighted by atomic mass is 9.93. The molecule has 2 amide bonds. The molecular weight excluding hydrogens is 260 g/mol. The van der Waals surface area contributed by atoms with E-state index in [0.29, 0.717) is 18.8 Å². The Balaban J connectivity index is 2.50. The summed E-state index contributed by atoms with van der Waals surface area (Å²) in [6.45, 7) is 6.83. The van der Waals surface area contributed by atoms with E-state index in [1.54, 1.807) is 0 Å². The number of amides is 2. The van der Waals surface area contributed by atoms with Crippen LogP contribution in [0.4, 0.5) is 4.79 Å². The van der Waals surface area contributed by atoms with Gasteiger partial charge in [-0.2, -0.15) is 0 Å². The first kappa shape index (κ1) is 16.8. The quantitative estimate of drug-likeness (QED) is 0.694. The van der Waals surface area contributed by atoms with Crippen LogP contribution in [0.2, 0.25) is 0 Å². The van der Waals surface area contributed by atoms with Crippen LogP contribution in [0.3, 0.4) is 0 Å². The highest BCUT2D eigenvalue weighted by molar-refractivity contribution is 5.85. The Morgan fingerprint density at radius 3 is 2.50 bits per heavy atom. The molecule has 2 atom stereocenters. The highest BCUT2D eigenvalue weighted by atomic mass is 16.5. The molecule has 6 nitrogen and oxygen atoms in total. The summed E-state index contributed by atoms with van der Waals surface area (Å²) in [4.78, 5) is 23.2. The van der Waals surface area contributed by atoms with Gasteiger partial charge in [0.2, 0.25) is 0 Å². The molecule has 0 aromatic heterocycles. The van der Waals surface area contributed by atoms with Crippen LogP contribution in [0.25, 0.3) is 0 Å².